The minimum Gasteiger partial charge on any atom is -0.394 e. The lowest BCUT2D eigenvalue weighted by atomic mass is 9.91. The van der Waals surface area contributed by atoms with Gasteiger partial charge in [-0.3, -0.25) is 0 Å². The van der Waals surface area contributed by atoms with Crippen molar-refractivity contribution in [2.75, 3.05) is 32.8 Å². The molecule has 0 heterocycles. The van der Waals surface area contributed by atoms with Gasteiger partial charge in [-0.05, 0) is 37.6 Å². The Morgan fingerprint density at radius 2 is 1.71 bits per heavy atom. The van der Waals surface area contributed by atoms with Crippen molar-refractivity contribution in [1.29, 1.82) is 0 Å². The predicted octanol–water partition coefficient (Wildman–Crippen LogP) is 2.78. The van der Waals surface area contributed by atoms with E-state index in [1.807, 2.05) is 0 Å². The molecule has 0 saturated heterocycles. The molecule has 3 nitrogen and oxygen atoms in total. The zero-order chi connectivity index (χ0) is 15.7. The van der Waals surface area contributed by atoms with Crippen molar-refractivity contribution in [3.8, 4) is 0 Å². The number of nitrogens with zero attached hydrogens (tertiary/aromatic N) is 1. The third-order valence-corrected chi connectivity index (χ3v) is 4.28. The highest BCUT2D eigenvalue weighted by atomic mass is 16.3. The summed E-state index contributed by atoms with van der Waals surface area (Å²) >= 11 is 0. The van der Waals surface area contributed by atoms with Crippen molar-refractivity contribution in [3.05, 3.63) is 35.4 Å². The third kappa shape index (κ3) is 5.42. The summed E-state index contributed by atoms with van der Waals surface area (Å²) in [5, 5.41) is 13.3. The van der Waals surface area contributed by atoms with E-state index in [4.69, 9.17) is 0 Å². The lowest BCUT2D eigenvalue weighted by molar-refractivity contribution is 0.168. The van der Waals surface area contributed by atoms with Gasteiger partial charge in [-0.1, -0.05) is 51.5 Å². The van der Waals surface area contributed by atoms with Crippen LogP contribution < -0.4 is 5.32 Å². The highest BCUT2D eigenvalue weighted by molar-refractivity contribution is 5.28. The smallest absolute Gasteiger partial charge is 0.0652 e. The summed E-state index contributed by atoms with van der Waals surface area (Å²) in [5.41, 5.74) is 2.16. The number of hydrogen-bond donors (Lipinski definition) is 2. The van der Waals surface area contributed by atoms with Crippen molar-refractivity contribution >= 4 is 0 Å². The van der Waals surface area contributed by atoms with E-state index in [-0.39, 0.29) is 12.1 Å². The zero-order valence-electron chi connectivity index (χ0n) is 14.2. The molecule has 120 valence electrons. The topological polar surface area (TPSA) is 35.5 Å². The fraction of sp³-hybridized carbons (Fsp3) is 0.667. The quantitative estimate of drug-likeness (QED) is 0.696. The van der Waals surface area contributed by atoms with E-state index in [2.05, 4.69) is 62.2 Å². The lowest BCUT2D eigenvalue weighted by Crippen LogP contribution is -2.46. The first kappa shape index (κ1) is 18.1. The van der Waals surface area contributed by atoms with Crippen LogP contribution in [0.5, 0.6) is 0 Å². The van der Waals surface area contributed by atoms with Gasteiger partial charge in [-0.2, -0.15) is 0 Å². The van der Waals surface area contributed by atoms with Crippen molar-refractivity contribution in [1.82, 2.24) is 10.2 Å². The van der Waals surface area contributed by atoms with Gasteiger partial charge in [0, 0.05) is 13.1 Å². The van der Waals surface area contributed by atoms with Gasteiger partial charge < -0.3 is 15.3 Å². The fourth-order valence-electron chi connectivity index (χ4n) is 2.61. The molecule has 0 aromatic heterocycles. The maximum absolute atomic E-state index is 9.81. The summed E-state index contributed by atoms with van der Waals surface area (Å²) in [7, 11) is 0. The molecule has 0 saturated carbocycles. The Hall–Kier alpha value is -0.900. The Labute approximate surface area is 130 Å². The average molecular weight is 292 g/mol. The Bertz CT molecular complexity index is 387. The summed E-state index contributed by atoms with van der Waals surface area (Å²) in [5.74, 6) is 0. The van der Waals surface area contributed by atoms with E-state index >= 15 is 0 Å². The standard InChI is InChI=1S/C18H32N2O/c1-5-8-16-9-11-17(12-10-16)18(4,15-21)19-13-14-20(6-2)7-3/h9-12,19,21H,5-8,13-15H2,1-4H3. The van der Waals surface area contributed by atoms with Crippen molar-refractivity contribution in [2.45, 2.75) is 46.1 Å². The molecule has 21 heavy (non-hydrogen) atoms. The Morgan fingerprint density at radius 3 is 2.19 bits per heavy atom. The van der Waals surface area contributed by atoms with Crippen LogP contribution in [0.2, 0.25) is 0 Å². The molecule has 0 fully saturated rings. The minimum absolute atomic E-state index is 0.109. The second-order valence-corrected chi connectivity index (χ2v) is 5.89. The molecule has 1 aromatic carbocycles. The van der Waals surface area contributed by atoms with Gasteiger partial charge in [0.2, 0.25) is 0 Å². The van der Waals surface area contributed by atoms with Crippen LogP contribution in [0, 0.1) is 0 Å². The number of likely N-dealkylation sites (N-methyl/N-ethyl adjacent to an activating group) is 1. The van der Waals surface area contributed by atoms with Crippen LogP contribution in [0.4, 0.5) is 0 Å². The molecule has 1 aromatic rings. The first-order valence-electron chi connectivity index (χ1n) is 8.27. The van der Waals surface area contributed by atoms with E-state index in [1.165, 1.54) is 12.0 Å². The SMILES string of the molecule is CCCc1ccc(C(C)(CO)NCCN(CC)CC)cc1. The fourth-order valence-corrected chi connectivity index (χ4v) is 2.61. The molecule has 0 bridgehead atoms. The summed E-state index contributed by atoms with van der Waals surface area (Å²) < 4.78 is 0. The van der Waals surface area contributed by atoms with Gasteiger partial charge in [0.05, 0.1) is 12.1 Å². The van der Waals surface area contributed by atoms with Gasteiger partial charge in [0.1, 0.15) is 0 Å². The summed E-state index contributed by atoms with van der Waals surface area (Å²) in [6.45, 7) is 12.8. The normalized spacial score (nSPS) is 14.4. The second-order valence-electron chi connectivity index (χ2n) is 5.89. The van der Waals surface area contributed by atoms with Gasteiger partial charge in [0.15, 0.2) is 0 Å². The minimum atomic E-state index is -0.363. The molecule has 1 rings (SSSR count). The molecule has 0 aliphatic carbocycles. The summed E-state index contributed by atoms with van der Waals surface area (Å²) in [4.78, 5) is 2.38. The number of nitrogens with one attached hydrogen (secondary N) is 1. The van der Waals surface area contributed by atoms with Gasteiger partial charge in [0.25, 0.3) is 0 Å². The van der Waals surface area contributed by atoms with Crippen LogP contribution in [0.15, 0.2) is 24.3 Å². The van der Waals surface area contributed by atoms with E-state index in [1.54, 1.807) is 0 Å². The monoisotopic (exact) mass is 292 g/mol. The van der Waals surface area contributed by atoms with Gasteiger partial charge in [-0.15, -0.1) is 0 Å². The third-order valence-electron chi connectivity index (χ3n) is 4.28. The average Bonchev–Trinajstić information content (AvgIpc) is 2.52. The maximum atomic E-state index is 9.81. The van der Waals surface area contributed by atoms with E-state index in [0.717, 1.165) is 38.2 Å². The first-order valence-corrected chi connectivity index (χ1v) is 8.27. The molecule has 0 radical (unpaired) electrons. The van der Waals surface area contributed by atoms with Crippen LogP contribution in [0.25, 0.3) is 0 Å². The summed E-state index contributed by atoms with van der Waals surface area (Å²) in [6.07, 6.45) is 2.28. The molecular formula is C18H32N2O. The van der Waals surface area contributed by atoms with E-state index in [9.17, 15) is 5.11 Å². The van der Waals surface area contributed by atoms with Gasteiger partial charge in [-0.25, -0.2) is 0 Å². The van der Waals surface area contributed by atoms with Crippen LogP contribution in [-0.2, 0) is 12.0 Å². The van der Waals surface area contributed by atoms with Crippen LogP contribution >= 0.6 is 0 Å². The van der Waals surface area contributed by atoms with E-state index < -0.39 is 0 Å². The maximum Gasteiger partial charge on any atom is 0.0652 e. The Morgan fingerprint density at radius 1 is 1.10 bits per heavy atom. The molecule has 0 aliphatic heterocycles. The van der Waals surface area contributed by atoms with Crippen molar-refractivity contribution < 1.29 is 5.11 Å². The number of benzene rings is 1. The molecule has 1 atom stereocenters. The molecule has 0 spiro atoms. The molecule has 0 amide bonds. The molecular weight excluding hydrogens is 260 g/mol. The van der Waals surface area contributed by atoms with Crippen molar-refractivity contribution in [2.24, 2.45) is 0 Å². The number of hydrogen-bond acceptors (Lipinski definition) is 3. The number of aliphatic hydroxyl groups excluding tert-OH is 1. The lowest BCUT2D eigenvalue weighted by Gasteiger charge is -2.31. The van der Waals surface area contributed by atoms with Crippen LogP contribution in [-0.4, -0.2) is 42.8 Å². The van der Waals surface area contributed by atoms with Crippen LogP contribution in [0.3, 0.4) is 0 Å². The molecule has 0 aliphatic rings. The molecule has 3 heteroatoms. The second kappa shape index (κ2) is 9.19. The molecule has 2 N–H and O–H groups in total. The largest absolute Gasteiger partial charge is 0.394 e. The Kier molecular flexibility index (Phi) is 7.94. The number of aryl methyl sites for hydroxylation is 1. The Balaban J connectivity index is 2.65. The first-order chi connectivity index (χ1) is 10.1. The molecule has 1 unspecified atom stereocenters. The summed E-state index contributed by atoms with van der Waals surface area (Å²) in [6, 6.07) is 8.65. The predicted molar refractivity (Wildman–Crippen MR) is 90.7 cm³/mol. The van der Waals surface area contributed by atoms with Crippen LogP contribution in [0.1, 0.15) is 45.2 Å². The highest BCUT2D eigenvalue weighted by Gasteiger charge is 2.24. The highest BCUT2D eigenvalue weighted by Crippen LogP contribution is 2.21. The number of rotatable bonds is 10. The zero-order valence-corrected chi connectivity index (χ0v) is 14.2. The van der Waals surface area contributed by atoms with Crippen molar-refractivity contribution in [3.63, 3.8) is 0 Å². The number of aliphatic hydroxyl groups is 1. The van der Waals surface area contributed by atoms with E-state index in [0.29, 0.717) is 0 Å². The van der Waals surface area contributed by atoms with Gasteiger partial charge >= 0.3 is 0 Å².